The molecule has 4 saturated carbocycles. The Kier molecular flexibility index (Phi) is 5.15. The second-order valence-corrected chi connectivity index (χ2v) is 15.2. The van der Waals surface area contributed by atoms with E-state index in [4.69, 9.17) is 9.47 Å². The van der Waals surface area contributed by atoms with Gasteiger partial charge < -0.3 is 14.6 Å². The summed E-state index contributed by atoms with van der Waals surface area (Å²) in [6.45, 7) is 16.2. The van der Waals surface area contributed by atoms with Crippen molar-refractivity contribution < 1.29 is 19.4 Å². The van der Waals surface area contributed by atoms with E-state index in [1.807, 2.05) is 0 Å². The molecule has 1 heterocycles. The van der Waals surface area contributed by atoms with Gasteiger partial charge in [0.2, 0.25) is 0 Å². The molecule has 6 aliphatic rings. The van der Waals surface area contributed by atoms with Crippen molar-refractivity contribution in [2.45, 2.75) is 112 Å². The number of hydrogen-bond donors (Lipinski definition) is 1. The monoisotopic (exact) mass is 484 g/mol. The Balaban J connectivity index is 1.38. The molecule has 1 N–H and O–H groups in total. The lowest BCUT2D eigenvalue weighted by atomic mass is 9.36. The van der Waals surface area contributed by atoms with Crippen molar-refractivity contribution in [3.05, 3.63) is 11.6 Å². The molecule has 5 unspecified atom stereocenters. The predicted molar refractivity (Wildman–Crippen MR) is 137 cm³/mol. The maximum Gasteiger partial charge on any atom is 0.310 e. The molecular formula is C31H48O4. The van der Waals surface area contributed by atoms with Gasteiger partial charge in [-0.05, 0) is 97.7 Å². The third-order valence-corrected chi connectivity index (χ3v) is 13.1. The zero-order chi connectivity index (χ0) is 25.1. The Bertz CT molecular complexity index is 942. The number of carboxylic acid groups (broad SMARTS) is 1. The summed E-state index contributed by atoms with van der Waals surface area (Å²) in [5.41, 5.74) is 1.78. The number of allylic oxidation sites excluding steroid dienone is 2. The van der Waals surface area contributed by atoms with E-state index < -0.39 is 17.2 Å². The first kappa shape index (κ1) is 24.5. The number of carbonyl (C=O) groups is 1. The minimum Gasteiger partial charge on any atom is -0.481 e. The Morgan fingerprint density at radius 2 is 1.54 bits per heavy atom. The second kappa shape index (κ2) is 7.37. The van der Waals surface area contributed by atoms with Gasteiger partial charge in [-0.3, -0.25) is 4.79 Å². The standard InChI is InChI=1S/C31H48O4/c1-26(2)13-15-30(25(32)33)12-9-21-20(22(30)19-26)7-8-24-28(21,5)11-10-23-27(3,4)31(34-17-18-35-31)16-14-29(23,24)6/h7,21-24H,8-19H2,1-6H3,(H,32,33)/t21?,22?,23?,24?,28-,29-,30?/m0/s1. The van der Waals surface area contributed by atoms with Gasteiger partial charge in [0.1, 0.15) is 0 Å². The third-order valence-electron chi connectivity index (χ3n) is 13.1. The van der Waals surface area contributed by atoms with Gasteiger partial charge in [-0.1, -0.05) is 53.2 Å². The summed E-state index contributed by atoms with van der Waals surface area (Å²) in [6.07, 6.45) is 13.2. The van der Waals surface area contributed by atoms with E-state index in [2.05, 4.69) is 47.6 Å². The van der Waals surface area contributed by atoms with E-state index in [1.165, 1.54) is 19.3 Å². The van der Waals surface area contributed by atoms with Crippen molar-refractivity contribution in [2.75, 3.05) is 13.2 Å². The molecule has 0 aromatic carbocycles. The van der Waals surface area contributed by atoms with Crippen LogP contribution in [0.5, 0.6) is 0 Å². The van der Waals surface area contributed by atoms with Gasteiger partial charge in [0.15, 0.2) is 5.79 Å². The normalized spacial score (nSPS) is 49.3. The minimum atomic E-state index is -0.531. The molecule has 5 fully saturated rings. The van der Waals surface area contributed by atoms with E-state index in [1.54, 1.807) is 5.57 Å². The van der Waals surface area contributed by atoms with Crippen molar-refractivity contribution in [2.24, 2.45) is 50.7 Å². The molecule has 4 heteroatoms. The Morgan fingerprint density at radius 3 is 2.23 bits per heavy atom. The molecule has 7 atom stereocenters. The number of hydrogen-bond acceptors (Lipinski definition) is 3. The molecule has 0 aromatic rings. The van der Waals surface area contributed by atoms with Crippen molar-refractivity contribution >= 4 is 5.97 Å². The van der Waals surface area contributed by atoms with Crippen molar-refractivity contribution in [1.29, 1.82) is 0 Å². The van der Waals surface area contributed by atoms with Crippen LogP contribution in [0.2, 0.25) is 0 Å². The van der Waals surface area contributed by atoms with Crippen LogP contribution in [0.4, 0.5) is 0 Å². The average molecular weight is 485 g/mol. The van der Waals surface area contributed by atoms with Crippen molar-refractivity contribution in [3.63, 3.8) is 0 Å². The smallest absolute Gasteiger partial charge is 0.310 e. The van der Waals surface area contributed by atoms with E-state index in [-0.39, 0.29) is 27.6 Å². The quantitative estimate of drug-likeness (QED) is 0.399. The molecule has 0 bridgehead atoms. The van der Waals surface area contributed by atoms with Crippen LogP contribution in [0, 0.1) is 50.7 Å². The summed E-state index contributed by atoms with van der Waals surface area (Å²) in [6, 6.07) is 0. The number of rotatable bonds is 1. The van der Waals surface area contributed by atoms with Crippen LogP contribution in [-0.2, 0) is 14.3 Å². The minimum absolute atomic E-state index is 0.000240. The summed E-state index contributed by atoms with van der Waals surface area (Å²) in [7, 11) is 0. The van der Waals surface area contributed by atoms with E-state index in [0.29, 0.717) is 17.8 Å². The van der Waals surface area contributed by atoms with Crippen molar-refractivity contribution in [3.8, 4) is 0 Å². The number of aliphatic carboxylic acids is 1. The maximum absolute atomic E-state index is 12.7. The lowest BCUT2D eigenvalue weighted by molar-refractivity contribution is -0.304. The number of carboxylic acids is 1. The van der Waals surface area contributed by atoms with Gasteiger partial charge in [-0.15, -0.1) is 0 Å². The van der Waals surface area contributed by atoms with Crippen LogP contribution in [0.1, 0.15) is 106 Å². The Morgan fingerprint density at radius 1 is 0.829 bits per heavy atom. The third kappa shape index (κ3) is 3.02. The fraction of sp³-hybridized carbons (Fsp3) is 0.903. The van der Waals surface area contributed by atoms with Crippen LogP contribution >= 0.6 is 0 Å². The Labute approximate surface area is 212 Å². The van der Waals surface area contributed by atoms with Crippen LogP contribution in [0.3, 0.4) is 0 Å². The van der Waals surface area contributed by atoms with Gasteiger partial charge in [0.25, 0.3) is 0 Å². The topological polar surface area (TPSA) is 55.8 Å². The lowest BCUT2D eigenvalue weighted by Crippen LogP contribution is -2.65. The number of ether oxygens (including phenoxy) is 2. The summed E-state index contributed by atoms with van der Waals surface area (Å²) < 4.78 is 12.7. The molecule has 35 heavy (non-hydrogen) atoms. The van der Waals surface area contributed by atoms with Gasteiger partial charge >= 0.3 is 5.97 Å². The number of fused-ring (bicyclic) bond motifs is 7. The highest BCUT2D eigenvalue weighted by atomic mass is 16.7. The molecule has 6 rings (SSSR count). The zero-order valence-corrected chi connectivity index (χ0v) is 23.0. The van der Waals surface area contributed by atoms with E-state index in [9.17, 15) is 9.90 Å². The zero-order valence-electron chi connectivity index (χ0n) is 23.0. The summed E-state index contributed by atoms with van der Waals surface area (Å²) in [5, 5.41) is 10.5. The van der Waals surface area contributed by atoms with Crippen LogP contribution in [-0.4, -0.2) is 30.1 Å². The molecule has 0 aromatic heterocycles. The first-order valence-electron chi connectivity index (χ1n) is 14.5. The molecule has 1 aliphatic heterocycles. The molecular weight excluding hydrogens is 436 g/mol. The molecule has 1 spiro atoms. The second-order valence-electron chi connectivity index (χ2n) is 15.2. The molecule has 5 aliphatic carbocycles. The van der Waals surface area contributed by atoms with Crippen LogP contribution < -0.4 is 0 Å². The average Bonchev–Trinajstić information content (AvgIpc) is 3.27. The molecule has 0 amide bonds. The van der Waals surface area contributed by atoms with Gasteiger partial charge in [0, 0.05) is 11.8 Å². The molecule has 196 valence electrons. The summed E-state index contributed by atoms with van der Waals surface area (Å²) in [4.78, 5) is 12.7. The van der Waals surface area contributed by atoms with Gasteiger partial charge in [0.05, 0.1) is 18.6 Å². The fourth-order valence-corrected chi connectivity index (χ4v) is 11.2. The van der Waals surface area contributed by atoms with Crippen LogP contribution in [0.25, 0.3) is 0 Å². The first-order chi connectivity index (χ1) is 16.3. The summed E-state index contributed by atoms with van der Waals surface area (Å²) in [5.74, 6) is 1.07. The van der Waals surface area contributed by atoms with E-state index in [0.717, 1.165) is 58.2 Å². The van der Waals surface area contributed by atoms with Gasteiger partial charge in [-0.25, -0.2) is 0 Å². The first-order valence-corrected chi connectivity index (χ1v) is 14.5. The fourth-order valence-electron chi connectivity index (χ4n) is 11.2. The molecule has 1 saturated heterocycles. The highest BCUT2D eigenvalue weighted by Crippen LogP contribution is 2.73. The largest absolute Gasteiger partial charge is 0.481 e. The maximum atomic E-state index is 12.7. The Hall–Kier alpha value is -0.870. The van der Waals surface area contributed by atoms with Gasteiger partial charge in [-0.2, -0.15) is 0 Å². The highest BCUT2D eigenvalue weighted by molar-refractivity contribution is 5.76. The lowest BCUT2D eigenvalue weighted by Gasteiger charge is -2.69. The highest BCUT2D eigenvalue weighted by Gasteiger charge is 2.69. The summed E-state index contributed by atoms with van der Waals surface area (Å²) >= 11 is 0. The molecule has 4 nitrogen and oxygen atoms in total. The molecule has 0 radical (unpaired) electrons. The predicted octanol–water partition coefficient (Wildman–Crippen LogP) is 7.23. The van der Waals surface area contributed by atoms with Crippen molar-refractivity contribution in [1.82, 2.24) is 0 Å². The van der Waals surface area contributed by atoms with Crippen LogP contribution in [0.15, 0.2) is 11.6 Å². The SMILES string of the molecule is CC1(C)CCC2(C(=O)O)CCC3C(=CCC4[C@@]3(C)CCC3C(C)(C)C5(CC[C@@]34C)OCCO5)C2C1. The van der Waals surface area contributed by atoms with E-state index >= 15 is 0 Å².